The number of hydrogen-bond acceptors (Lipinski definition) is 5. The van der Waals surface area contributed by atoms with E-state index in [1.54, 1.807) is 28.8 Å². The highest BCUT2D eigenvalue weighted by Crippen LogP contribution is 2.27. The second-order valence-corrected chi connectivity index (χ2v) is 8.84. The Balaban J connectivity index is 1.27. The average Bonchev–Trinajstić information content (AvgIpc) is 3.36. The number of carbonyl (C=O) groups is 2. The Morgan fingerprint density at radius 2 is 1.93 bits per heavy atom. The minimum atomic E-state index is -0.391. The van der Waals surface area contributed by atoms with E-state index in [0.29, 0.717) is 17.4 Å². The second-order valence-electron chi connectivity index (χ2n) is 6.99. The molecule has 2 amide bonds. The largest absolute Gasteiger partial charge is 0.312 e. The Morgan fingerprint density at radius 1 is 1.17 bits per heavy atom. The van der Waals surface area contributed by atoms with Crippen LogP contribution in [0.1, 0.15) is 17.7 Å². The fraction of sp³-hybridized carbons (Fsp3) is 0.227. The zero-order chi connectivity index (χ0) is 20.9. The van der Waals surface area contributed by atoms with E-state index >= 15 is 0 Å². The molecule has 154 valence electrons. The molecular weight excluding hydrogens is 421 g/mol. The van der Waals surface area contributed by atoms with Crippen molar-refractivity contribution >= 4 is 45.7 Å². The molecule has 1 N–H and O–H groups in total. The second kappa shape index (κ2) is 9.40. The first-order valence-electron chi connectivity index (χ1n) is 9.51. The van der Waals surface area contributed by atoms with E-state index in [2.05, 4.69) is 10.3 Å². The number of hydrogen-bond donors (Lipinski definition) is 1. The van der Waals surface area contributed by atoms with E-state index < -0.39 is 5.92 Å². The number of thioether (sulfide) groups is 1. The summed E-state index contributed by atoms with van der Waals surface area (Å²) in [5, 5.41) is 5.31. The number of rotatable bonds is 7. The molecule has 1 fully saturated rings. The Hall–Kier alpha value is -2.71. The molecule has 30 heavy (non-hydrogen) atoms. The Bertz CT molecular complexity index is 1020. The number of para-hydroxylation sites is 1. The molecule has 2 heterocycles. The highest BCUT2D eigenvalue weighted by atomic mass is 32.2. The summed E-state index contributed by atoms with van der Waals surface area (Å²) in [6.45, 7) is 0.375. The molecule has 0 radical (unpaired) electrons. The van der Waals surface area contributed by atoms with Crippen molar-refractivity contribution in [2.75, 3.05) is 16.8 Å². The summed E-state index contributed by atoms with van der Waals surface area (Å²) in [5.74, 6) is 0.615. The summed E-state index contributed by atoms with van der Waals surface area (Å²) < 4.78 is 13.0. The van der Waals surface area contributed by atoms with Crippen LogP contribution in [-0.2, 0) is 21.1 Å². The van der Waals surface area contributed by atoms with E-state index in [1.165, 1.54) is 23.5 Å². The van der Waals surface area contributed by atoms with Crippen LogP contribution in [0.15, 0.2) is 60.0 Å². The summed E-state index contributed by atoms with van der Waals surface area (Å²) in [6.07, 6.45) is 0.201. The van der Waals surface area contributed by atoms with E-state index in [-0.39, 0.29) is 24.1 Å². The molecule has 1 atom stereocenters. The van der Waals surface area contributed by atoms with Crippen molar-refractivity contribution in [2.45, 2.75) is 17.9 Å². The van der Waals surface area contributed by atoms with Gasteiger partial charge in [-0.15, -0.1) is 11.3 Å². The number of aromatic nitrogens is 1. The number of halogens is 1. The maximum atomic E-state index is 13.0. The van der Waals surface area contributed by atoms with Crippen LogP contribution < -0.4 is 10.2 Å². The lowest BCUT2D eigenvalue weighted by Gasteiger charge is -2.16. The van der Waals surface area contributed by atoms with Crippen molar-refractivity contribution in [3.05, 3.63) is 77.1 Å². The molecule has 0 saturated carbocycles. The van der Waals surface area contributed by atoms with Gasteiger partial charge in [0.15, 0.2) is 5.13 Å². The predicted octanol–water partition coefficient (Wildman–Crippen LogP) is 4.71. The number of nitrogens with zero attached hydrogens (tertiary/aromatic N) is 2. The van der Waals surface area contributed by atoms with E-state index in [9.17, 15) is 14.0 Å². The standard InChI is InChI=1S/C22H20FN3O2S2/c23-17-8-6-15(7-9-17)12-29-13-18-14-30-22(24-18)25-21(28)16-10-20(27)26(11-16)19-4-2-1-3-5-19/h1-9,14,16H,10-13H2,(H,24,25,28). The topological polar surface area (TPSA) is 62.3 Å². The highest BCUT2D eigenvalue weighted by Gasteiger charge is 2.35. The molecule has 4 rings (SSSR count). The zero-order valence-corrected chi connectivity index (χ0v) is 17.7. The molecule has 1 saturated heterocycles. The number of thiazole rings is 1. The molecule has 1 aromatic heterocycles. The summed E-state index contributed by atoms with van der Waals surface area (Å²) in [6, 6.07) is 15.9. The zero-order valence-electron chi connectivity index (χ0n) is 16.1. The van der Waals surface area contributed by atoms with Gasteiger partial charge >= 0.3 is 0 Å². The lowest BCUT2D eigenvalue weighted by Crippen LogP contribution is -2.28. The molecule has 1 aliphatic rings. The number of carbonyl (C=O) groups excluding carboxylic acids is 2. The Kier molecular flexibility index (Phi) is 6.44. The summed E-state index contributed by atoms with van der Waals surface area (Å²) in [5.41, 5.74) is 2.75. The maximum Gasteiger partial charge on any atom is 0.231 e. The van der Waals surface area contributed by atoms with Crippen LogP contribution in [0.5, 0.6) is 0 Å². The quantitative estimate of drug-likeness (QED) is 0.577. The van der Waals surface area contributed by atoms with E-state index in [4.69, 9.17) is 0 Å². The van der Waals surface area contributed by atoms with Gasteiger partial charge in [0.05, 0.1) is 11.6 Å². The molecule has 5 nitrogen and oxygen atoms in total. The van der Waals surface area contributed by atoms with Gasteiger partial charge in [-0.05, 0) is 29.8 Å². The fourth-order valence-electron chi connectivity index (χ4n) is 3.23. The van der Waals surface area contributed by atoms with Gasteiger partial charge in [-0.1, -0.05) is 30.3 Å². The van der Waals surface area contributed by atoms with Gasteiger partial charge < -0.3 is 10.2 Å². The summed E-state index contributed by atoms with van der Waals surface area (Å²) in [4.78, 5) is 31.0. The van der Waals surface area contributed by atoms with E-state index in [1.807, 2.05) is 35.7 Å². The van der Waals surface area contributed by atoms with Crippen LogP contribution in [0.25, 0.3) is 0 Å². The van der Waals surface area contributed by atoms with Crippen molar-refractivity contribution < 1.29 is 14.0 Å². The third-order valence-electron chi connectivity index (χ3n) is 4.78. The van der Waals surface area contributed by atoms with Crippen LogP contribution in [0.2, 0.25) is 0 Å². The van der Waals surface area contributed by atoms with Crippen molar-refractivity contribution in [1.82, 2.24) is 4.98 Å². The number of anilines is 2. The fourth-order valence-corrected chi connectivity index (χ4v) is 4.94. The monoisotopic (exact) mass is 441 g/mol. The average molecular weight is 442 g/mol. The van der Waals surface area contributed by atoms with Gasteiger partial charge in [-0.3, -0.25) is 9.59 Å². The predicted molar refractivity (Wildman–Crippen MR) is 119 cm³/mol. The molecular formula is C22H20FN3O2S2. The molecule has 0 bridgehead atoms. The van der Waals surface area contributed by atoms with Gasteiger partial charge in [0.1, 0.15) is 5.82 Å². The Labute approximate surface area is 182 Å². The number of benzene rings is 2. The summed E-state index contributed by atoms with van der Waals surface area (Å²) >= 11 is 3.06. The van der Waals surface area contributed by atoms with Gasteiger partial charge in [0, 0.05) is 35.5 Å². The first-order chi connectivity index (χ1) is 14.6. The minimum Gasteiger partial charge on any atom is -0.312 e. The highest BCUT2D eigenvalue weighted by molar-refractivity contribution is 7.97. The summed E-state index contributed by atoms with van der Waals surface area (Å²) in [7, 11) is 0. The van der Waals surface area contributed by atoms with Gasteiger partial charge in [0.25, 0.3) is 0 Å². The normalized spacial score (nSPS) is 16.1. The van der Waals surface area contributed by atoms with Crippen LogP contribution in [0.4, 0.5) is 15.2 Å². The lowest BCUT2D eigenvalue weighted by molar-refractivity contribution is -0.122. The molecule has 1 unspecified atom stereocenters. The van der Waals surface area contributed by atoms with Crippen molar-refractivity contribution in [1.29, 1.82) is 0 Å². The molecule has 8 heteroatoms. The molecule has 2 aromatic carbocycles. The molecule has 0 spiro atoms. The number of nitrogens with one attached hydrogen (secondary N) is 1. The van der Waals surface area contributed by atoms with Crippen LogP contribution in [0.3, 0.4) is 0 Å². The SMILES string of the molecule is O=C(Nc1nc(CSCc2ccc(F)cc2)cs1)C1CC(=O)N(c2ccccc2)C1. The van der Waals surface area contributed by atoms with Gasteiger partial charge in [-0.25, -0.2) is 9.37 Å². The first kappa shape index (κ1) is 20.6. The number of amides is 2. The minimum absolute atomic E-state index is 0.0432. The molecule has 0 aliphatic carbocycles. The maximum absolute atomic E-state index is 13.0. The van der Waals surface area contributed by atoms with E-state index in [0.717, 1.165) is 22.7 Å². The van der Waals surface area contributed by atoms with Crippen molar-refractivity contribution in [3.8, 4) is 0 Å². The van der Waals surface area contributed by atoms with Crippen molar-refractivity contribution in [3.63, 3.8) is 0 Å². The van der Waals surface area contributed by atoms with Crippen LogP contribution >= 0.6 is 23.1 Å². The van der Waals surface area contributed by atoms with Crippen LogP contribution in [-0.4, -0.2) is 23.3 Å². The van der Waals surface area contributed by atoms with Gasteiger partial charge in [0.2, 0.25) is 11.8 Å². The third kappa shape index (κ3) is 5.06. The van der Waals surface area contributed by atoms with Crippen molar-refractivity contribution in [2.24, 2.45) is 5.92 Å². The molecule has 1 aliphatic heterocycles. The molecule has 3 aromatic rings. The van der Waals surface area contributed by atoms with Gasteiger partial charge in [-0.2, -0.15) is 11.8 Å². The smallest absolute Gasteiger partial charge is 0.231 e. The Morgan fingerprint density at radius 3 is 2.70 bits per heavy atom. The first-order valence-corrected chi connectivity index (χ1v) is 11.5. The van der Waals surface area contributed by atoms with Crippen LogP contribution in [0, 0.1) is 11.7 Å². The lowest BCUT2D eigenvalue weighted by atomic mass is 10.1. The third-order valence-corrected chi connectivity index (χ3v) is 6.62.